The minimum atomic E-state index is -0.628. The molecule has 4 heteroatoms. The number of carbonyl (C=O) groups is 1. The zero-order valence-corrected chi connectivity index (χ0v) is 15.0. The fourth-order valence-corrected chi connectivity index (χ4v) is 3.23. The summed E-state index contributed by atoms with van der Waals surface area (Å²) in [4.78, 5) is 14.8. The first-order chi connectivity index (χ1) is 9.58. The van der Waals surface area contributed by atoms with Crippen molar-refractivity contribution in [3.8, 4) is 0 Å². The summed E-state index contributed by atoms with van der Waals surface area (Å²) >= 11 is 0. The molecule has 0 spiro atoms. The summed E-state index contributed by atoms with van der Waals surface area (Å²) in [5.74, 6) is 0.556. The van der Waals surface area contributed by atoms with E-state index in [1.807, 2.05) is 13.8 Å². The van der Waals surface area contributed by atoms with E-state index in [1.165, 1.54) is 6.42 Å². The molecule has 0 saturated carbocycles. The molecule has 1 N–H and O–H groups in total. The number of hydrogen-bond acceptors (Lipinski definition) is 4. The van der Waals surface area contributed by atoms with Gasteiger partial charge in [-0.05, 0) is 52.0 Å². The van der Waals surface area contributed by atoms with Gasteiger partial charge in [-0.2, -0.15) is 0 Å². The van der Waals surface area contributed by atoms with E-state index in [0.29, 0.717) is 17.9 Å². The summed E-state index contributed by atoms with van der Waals surface area (Å²) in [6.45, 7) is 18.2. The lowest BCUT2D eigenvalue weighted by Gasteiger charge is -2.35. The van der Waals surface area contributed by atoms with Gasteiger partial charge in [-0.25, -0.2) is 0 Å². The lowest BCUT2D eigenvalue weighted by molar-refractivity contribution is -0.151. The van der Waals surface area contributed by atoms with Gasteiger partial charge < -0.3 is 9.64 Å². The van der Waals surface area contributed by atoms with Crippen LogP contribution in [0, 0.1) is 11.3 Å². The van der Waals surface area contributed by atoms with Crippen molar-refractivity contribution in [2.45, 2.75) is 66.5 Å². The molecule has 1 fully saturated rings. The summed E-state index contributed by atoms with van der Waals surface area (Å²) in [6, 6.07) is 0.250. The minimum Gasteiger partial charge on any atom is -0.465 e. The molecule has 0 aromatic carbocycles. The second-order valence-corrected chi connectivity index (χ2v) is 7.94. The fraction of sp³-hybridized carbons (Fsp3) is 0.941. The summed E-state index contributed by atoms with van der Waals surface area (Å²) in [5.41, 5.74) is -0.294. The number of rotatable bonds is 6. The Bertz CT molecular complexity index is 349. The Hall–Kier alpha value is -0.610. The number of ether oxygens (including phenoxy) is 1. The highest BCUT2D eigenvalue weighted by molar-refractivity contribution is 5.80. The van der Waals surface area contributed by atoms with Gasteiger partial charge in [-0.15, -0.1) is 0 Å². The number of esters is 1. The van der Waals surface area contributed by atoms with E-state index in [-0.39, 0.29) is 12.0 Å². The zero-order chi connectivity index (χ0) is 16.3. The van der Waals surface area contributed by atoms with Crippen LogP contribution in [0.2, 0.25) is 0 Å². The standard InChI is InChI=1S/C17H34N2O2/c1-8-21-15(20)17(7,18-13(2)3)12-19-10-9-14(11-19)16(4,5)6/h13-14,18H,8-12H2,1-7H3. The van der Waals surface area contributed by atoms with Gasteiger partial charge in [0.1, 0.15) is 5.54 Å². The Labute approximate surface area is 130 Å². The highest BCUT2D eigenvalue weighted by Crippen LogP contribution is 2.34. The molecule has 0 radical (unpaired) electrons. The van der Waals surface area contributed by atoms with Crippen LogP contribution in [0.5, 0.6) is 0 Å². The average Bonchev–Trinajstić information content (AvgIpc) is 2.76. The maximum atomic E-state index is 12.4. The molecular formula is C17H34N2O2. The SMILES string of the molecule is CCOC(=O)C(C)(CN1CCC(C(C)(C)C)C1)NC(C)C. The third kappa shape index (κ3) is 5.26. The van der Waals surface area contributed by atoms with Crippen LogP contribution in [0.3, 0.4) is 0 Å². The summed E-state index contributed by atoms with van der Waals surface area (Å²) < 4.78 is 5.28. The molecule has 1 heterocycles. The molecule has 2 atom stereocenters. The van der Waals surface area contributed by atoms with E-state index in [1.54, 1.807) is 0 Å². The van der Waals surface area contributed by atoms with Crippen molar-refractivity contribution in [3.05, 3.63) is 0 Å². The highest BCUT2D eigenvalue weighted by atomic mass is 16.5. The van der Waals surface area contributed by atoms with Crippen molar-refractivity contribution >= 4 is 5.97 Å². The van der Waals surface area contributed by atoms with Crippen LogP contribution >= 0.6 is 0 Å². The number of nitrogens with zero attached hydrogens (tertiary/aromatic N) is 1. The molecule has 1 rings (SSSR count). The van der Waals surface area contributed by atoms with Gasteiger partial charge in [0.05, 0.1) is 6.61 Å². The second kappa shape index (κ2) is 7.10. The third-order valence-corrected chi connectivity index (χ3v) is 4.37. The van der Waals surface area contributed by atoms with Crippen LogP contribution in [0.15, 0.2) is 0 Å². The predicted molar refractivity (Wildman–Crippen MR) is 87.3 cm³/mol. The predicted octanol–water partition coefficient (Wildman–Crippen LogP) is 2.67. The Kier molecular flexibility index (Phi) is 6.23. The van der Waals surface area contributed by atoms with Crippen molar-refractivity contribution in [2.24, 2.45) is 11.3 Å². The smallest absolute Gasteiger partial charge is 0.327 e. The third-order valence-electron chi connectivity index (χ3n) is 4.37. The van der Waals surface area contributed by atoms with Gasteiger partial charge >= 0.3 is 5.97 Å². The lowest BCUT2D eigenvalue weighted by atomic mass is 9.80. The molecule has 1 aliphatic rings. The lowest BCUT2D eigenvalue weighted by Crippen LogP contribution is -2.59. The van der Waals surface area contributed by atoms with Crippen molar-refractivity contribution < 1.29 is 9.53 Å². The first-order valence-corrected chi connectivity index (χ1v) is 8.25. The highest BCUT2D eigenvalue weighted by Gasteiger charge is 2.40. The number of hydrogen-bond donors (Lipinski definition) is 1. The topological polar surface area (TPSA) is 41.6 Å². The molecule has 1 saturated heterocycles. The van der Waals surface area contributed by atoms with Crippen LogP contribution in [-0.4, -0.2) is 48.7 Å². The number of carbonyl (C=O) groups excluding carboxylic acids is 1. The molecule has 0 amide bonds. The molecule has 124 valence electrons. The van der Waals surface area contributed by atoms with E-state index >= 15 is 0 Å². The van der Waals surface area contributed by atoms with E-state index in [9.17, 15) is 4.79 Å². The molecule has 21 heavy (non-hydrogen) atoms. The van der Waals surface area contributed by atoms with Crippen LogP contribution in [0.4, 0.5) is 0 Å². The van der Waals surface area contributed by atoms with E-state index in [4.69, 9.17) is 4.74 Å². The zero-order valence-electron chi connectivity index (χ0n) is 15.0. The Morgan fingerprint density at radius 2 is 1.95 bits per heavy atom. The quantitative estimate of drug-likeness (QED) is 0.766. The fourth-order valence-electron chi connectivity index (χ4n) is 3.23. The van der Waals surface area contributed by atoms with Gasteiger partial charge in [-0.1, -0.05) is 20.8 Å². The molecule has 0 aliphatic carbocycles. The average molecular weight is 298 g/mol. The number of likely N-dealkylation sites (tertiary alicyclic amines) is 1. The van der Waals surface area contributed by atoms with Crippen LogP contribution in [0.1, 0.15) is 54.9 Å². The Morgan fingerprint density at radius 1 is 1.33 bits per heavy atom. The molecule has 1 aliphatic heterocycles. The largest absolute Gasteiger partial charge is 0.465 e. The van der Waals surface area contributed by atoms with Crippen molar-refractivity contribution in [3.63, 3.8) is 0 Å². The van der Waals surface area contributed by atoms with Gasteiger partial charge in [-0.3, -0.25) is 10.1 Å². The van der Waals surface area contributed by atoms with E-state index in [0.717, 1.165) is 19.6 Å². The first kappa shape index (κ1) is 18.4. The van der Waals surface area contributed by atoms with Gasteiger partial charge in [0.25, 0.3) is 0 Å². The molecular weight excluding hydrogens is 264 g/mol. The monoisotopic (exact) mass is 298 g/mol. The van der Waals surface area contributed by atoms with Crippen LogP contribution in [0.25, 0.3) is 0 Å². The summed E-state index contributed by atoms with van der Waals surface area (Å²) in [5, 5.41) is 3.41. The minimum absolute atomic E-state index is 0.141. The normalized spacial score (nSPS) is 23.3. The second-order valence-electron chi connectivity index (χ2n) is 7.94. The Morgan fingerprint density at radius 3 is 2.38 bits per heavy atom. The van der Waals surface area contributed by atoms with Crippen molar-refractivity contribution in [1.82, 2.24) is 10.2 Å². The molecule has 2 unspecified atom stereocenters. The van der Waals surface area contributed by atoms with E-state index < -0.39 is 5.54 Å². The maximum absolute atomic E-state index is 12.4. The van der Waals surface area contributed by atoms with Gasteiger partial charge in [0.2, 0.25) is 0 Å². The molecule has 0 aromatic heterocycles. The van der Waals surface area contributed by atoms with Gasteiger partial charge in [0.15, 0.2) is 0 Å². The summed E-state index contributed by atoms with van der Waals surface area (Å²) in [6.07, 6.45) is 1.21. The first-order valence-electron chi connectivity index (χ1n) is 8.25. The molecule has 4 nitrogen and oxygen atoms in total. The van der Waals surface area contributed by atoms with Crippen molar-refractivity contribution in [2.75, 3.05) is 26.2 Å². The maximum Gasteiger partial charge on any atom is 0.327 e. The molecule has 0 bridgehead atoms. The summed E-state index contributed by atoms with van der Waals surface area (Å²) in [7, 11) is 0. The molecule has 0 aromatic rings. The van der Waals surface area contributed by atoms with Crippen LogP contribution < -0.4 is 5.32 Å². The van der Waals surface area contributed by atoms with E-state index in [2.05, 4.69) is 44.8 Å². The van der Waals surface area contributed by atoms with Gasteiger partial charge in [0, 0.05) is 19.1 Å². The Balaban J connectivity index is 2.72. The van der Waals surface area contributed by atoms with Crippen molar-refractivity contribution in [1.29, 1.82) is 0 Å². The number of nitrogens with one attached hydrogen (secondary N) is 1. The van der Waals surface area contributed by atoms with Crippen LogP contribution in [-0.2, 0) is 9.53 Å².